The molecule has 0 aromatic heterocycles. The van der Waals surface area contributed by atoms with Crippen molar-refractivity contribution in [1.82, 2.24) is 4.90 Å². The molecule has 0 amide bonds. The lowest BCUT2D eigenvalue weighted by molar-refractivity contribution is 0.502. The normalized spacial score (nSPS) is 25.1. The average Bonchev–Trinajstić information content (AvgIpc) is 2.24. The Balaban J connectivity index is 2.67. The van der Waals surface area contributed by atoms with Crippen molar-refractivity contribution in [2.24, 2.45) is 0 Å². The quantitative estimate of drug-likeness (QED) is 0.640. The van der Waals surface area contributed by atoms with Gasteiger partial charge in [-0.3, -0.25) is 0 Å². The van der Waals surface area contributed by atoms with Crippen molar-refractivity contribution >= 4 is 0 Å². The van der Waals surface area contributed by atoms with E-state index < -0.39 is 0 Å². The van der Waals surface area contributed by atoms with Crippen LogP contribution in [-0.4, -0.2) is 11.4 Å². The van der Waals surface area contributed by atoms with E-state index in [1.54, 1.807) is 0 Å². The molecule has 1 heteroatoms. The monoisotopic (exact) mass is 187 g/mol. The SMILES string of the molecule is CCCN1C=C\C=C/C=C\C=C/C=C\1. The molecule has 1 aliphatic heterocycles. The number of allylic oxidation sites excluding steroid dienone is 8. The third kappa shape index (κ3) is 4.51. The van der Waals surface area contributed by atoms with Crippen molar-refractivity contribution in [3.05, 3.63) is 61.0 Å². The molecule has 1 heterocycles. The van der Waals surface area contributed by atoms with Gasteiger partial charge in [0.05, 0.1) is 0 Å². The Morgan fingerprint density at radius 3 is 1.57 bits per heavy atom. The zero-order valence-electron chi connectivity index (χ0n) is 8.63. The predicted molar refractivity (Wildman–Crippen MR) is 62.7 cm³/mol. The van der Waals surface area contributed by atoms with E-state index in [9.17, 15) is 0 Å². The lowest BCUT2D eigenvalue weighted by Crippen LogP contribution is -2.09. The summed E-state index contributed by atoms with van der Waals surface area (Å²) in [5.74, 6) is 0. The summed E-state index contributed by atoms with van der Waals surface area (Å²) in [6.07, 6.45) is 21.6. The van der Waals surface area contributed by atoms with Crippen LogP contribution in [0.15, 0.2) is 61.0 Å². The Bertz CT molecular complexity index is 254. The van der Waals surface area contributed by atoms with Crippen molar-refractivity contribution in [3.8, 4) is 0 Å². The molecule has 0 unspecified atom stereocenters. The summed E-state index contributed by atoms with van der Waals surface area (Å²) in [5.41, 5.74) is 0. The predicted octanol–water partition coefficient (Wildman–Crippen LogP) is 3.41. The first-order valence-corrected chi connectivity index (χ1v) is 5.04. The first kappa shape index (κ1) is 10.6. The van der Waals surface area contributed by atoms with E-state index in [0.29, 0.717) is 0 Å². The van der Waals surface area contributed by atoms with Gasteiger partial charge < -0.3 is 4.90 Å². The second-order valence-electron chi connectivity index (χ2n) is 3.08. The van der Waals surface area contributed by atoms with E-state index in [1.807, 2.05) is 36.5 Å². The molecule has 14 heavy (non-hydrogen) atoms. The van der Waals surface area contributed by atoms with Crippen LogP contribution >= 0.6 is 0 Å². The third-order valence-electron chi connectivity index (χ3n) is 1.81. The molecule has 0 aromatic rings. The van der Waals surface area contributed by atoms with Crippen LogP contribution in [0.3, 0.4) is 0 Å². The van der Waals surface area contributed by atoms with Gasteiger partial charge in [0.25, 0.3) is 0 Å². The minimum Gasteiger partial charge on any atom is -0.354 e. The zero-order valence-corrected chi connectivity index (χ0v) is 8.63. The van der Waals surface area contributed by atoms with Gasteiger partial charge in [-0.1, -0.05) is 43.4 Å². The molecular weight excluding hydrogens is 170 g/mol. The zero-order chi connectivity index (χ0) is 10.1. The second-order valence-corrected chi connectivity index (χ2v) is 3.08. The van der Waals surface area contributed by atoms with Crippen molar-refractivity contribution in [3.63, 3.8) is 0 Å². The highest BCUT2D eigenvalue weighted by Crippen LogP contribution is 1.97. The largest absolute Gasteiger partial charge is 0.354 e. The summed E-state index contributed by atoms with van der Waals surface area (Å²) in [5, 5.41) is 0. The summed E-state index contributed by atoms with van der Waals surface area (Å²) in [6.45, 7) is 3.24. The van der Waals surface area contributed by atoms with Crippen LogP contribution in [0.4, 0.5) is 0 Å². The summed E-state index contributed by atoms with van der Waals surface area (Å²) in [7, 11) is 0. The minimum atomic E-state index is 1.06. The molecule has 0 aliphatic carbocycles. The highest BCUT2D eigenvalue weighted by molar-refractivity contribution is 5.19. The van der Waals surface area contributed by atoms with E-state index in [2.05, 4.69) is 36.4 Å². The van der Waals surface area contributed by atoms with Gasteiger partial charge in [0.1, 0.15) is 0 Å². The molecule has 1 nitrogen and oxygen atoms in total. The Morgan fingerprint density at radius 2 is 1.14 bits per heavy atom. The van der Waals surface area contributed by atoms with Crippen LogP contribution in [0.1, 0.15) is 13.3 Å². The van der Waals surface area contributed by atoms with Gasteiger partial charge >= 0.3 is 0 Å². The summed E-state index contributed by atoms with van der Waals surface area (Å²) < 4.78 is 0. The molecule has 0 saturated heterocycles. The van der Waals surface area contributed by atoms with E-state index in [0.717, 1.165) is 13.0 Å². The van der Waals surface area contributed by atoms with Gasteiger partial charge in [-0.2, -0.15) is 0 Å². The van der Waals surface area contributed by atoms with Gasteiger partial charge in [0.15, 0.2) is 0 Å². The van der Waals surface area contributed by atoms with Gasteiger partial charge in [-0.25, -0.2) is 0 Å². The van der Waals surface area contributed by atoms with Crippen LogP contribution in [0.2, 0.25) is 0 Å². The van der Waals surface area contributed by atoms with E-state index in [4.69, 9.17) is 0 Å². The maximum Gasteiger partial charge on any atom is 0.0216 e. The molecule has 1 rings (SSSR count). The fraction of sp³-hybridized carbons (Fsp3) is 0.231. The van der Waals surface area contributed by atoms with E-state index in [1.165, 1.54) is 0 Å². The maximum atomic E-state index is 2.18. The van der Waals surface area contributed by atoms with Crippen molar-refractivity contribution < 1.29 is 0 Å². The van der Waals surface area contributed by atoms with Gasteiger partial charge in [-0.05, 0) is 18.6 Å². The van der Waals surface area contributed by atoms with Crippen LogP contribution in [0, 0.1) is 0 Å². The molecule has 0 atom stereocenters. The van der Waals surface area contributed by atoms with Crippen molar-refractivity contribution in [2.75, 3.05) is 6.54 Å². The average molecular weight is 187 g/mol. The first-order chi connectivity index (χ1) is 6.93. The topological polar surface area (TPSA) is 3.24 Å². The second kappa shape index (κ2) is 6.96. The highest BCUT2D eigenvalue weighted by atomic mass is 15.1. The Labute approximate surface area is 86.4 Å². The summed E-state index contributed by atoms with van der Waals surface area (Å²) >= 11 is 0. The van der Waals surface area contributed by atoms with Crippen molar-refractivity contribution in [1.29, 1.82) is 0 Å². The molecule has 0 radical (unpaired) electrons. The third-order valence-corrected chi connectivity index (χ3v) is 1.81. The van der Waals surface area contributed by atoms with Gasteiger partial charge in [0, 0.05) is 18.9 Å². The molecule has 74 valence electrons. The molecule has 0 bridgehead atoms. The molecular formula is C13H17N. The van der Waals surface area contributed by atoms with Crippen LogP contribution in [-0.2, 0) is 0 Å². The first-order valence-electron chi connectivity index (χ1n) is 5.04. The van der Waals surface area contributed by atoms with Crippen LogP contribution in [0.5, 0.6) is 0 Å². The number of nitrogens with zero attached hydrogens (tertiary/aromatic N) is 1. The van der Waals surface area contributed by atoms with Gasteiger partial charge in [-0.15, -0.1) is 0 Å². The van der Waals surface area contributed by atoms with Gasteiger partial charge in [0.2, 0.25) is 0 Å². The molecule has 0 saturated carbocycles. The number of rotatable bonds is 2. The maximum absolute atomic E-state index is 2.18. The number of hydrogen-bond acceptors (Lipinski definition) is 1. The van der Waals surface area contributed by atoms with Crippen LogP contribution in [0.25, 0.3) is 0 Å². The highest BCUT2D eigenvalue weighted by Gasteiger charge is 1.88. The van der Waals surface area contributed by atoms with E-state index >= 15 is 0 Å². The number of hydrogen-bond donors (Lipinski definition) is 0. The smallest absolute Gasteiger partial charge is 0.0216 e. The van der Waals surface area contributed by atoms with Crippen LogP contribution < -0.4 is 0 Å². The van der Waals surface area contributed by atoms with E-state index in [-0.39, 0.29) is 0 Å². The molecule has 1 aliphatic rings. The minimum absolute atomic E-state index is 1.06. The lowest BCUT2D eigenvalue weighted by Gasteiger charge is -2.12. The summed E-state index contributed by atoms with van der Waals surface area (Å²) in [6, 6.07) is 0. The lowest BCUT2D eigenvalue weighted by atomic mass is 10.4. The Kier molecular flexibility index (Phi) is 5.26. The fourth-order valence-corrected chi connectivity index (χ4v) is 1.16. The molecule has 0 spiro atoms. The molecule has 0 aromatic carbocycles. The standard InChI is InChI=1S/C13H17N/c1-2-11-14-12-9-7-5-3-4-6-8-10-13-14/h3-10,12-13H,2,11H2,1H3/b4-3-,7-5-,8-6-,12-9-,13-10?. The summed E-state index contributed by atoms with van der Waals surface area (Å²) in [4.78, 5) is 2.18. The molecule has 0 fully saturated rings. The Morgan fingerprint density at radius 1 is 0.714 bits per heavy atom. The van der Waals surface area contributed by atoms with Crippen molar-refractivity contribution in [2.45, 2.75) is 13.3 Å². The molecule has 0 N–H and O–H groups in total. The Hall–Kier alpha value is -1.50. The fourth-order valence-electron chi connectivity index (χ4n) is 1.16.